The predicted octanol–water partition coefficient (Wildman–Crippen LogP) is 1.95. The molecule has 1 saturated carbocycles. The Kier molecular flexibility index (Phi) is 11.8. The highest BCUT2D eigenvalue weighted by Gasteiger charge is 2.48. The molecule has 2 fully saturated rings. The highest BCUT2D eigenvalue weighted by atomic mass is 32.2. The molecule has 2 unspecified atom stereocenters. The van der Waals surface area contributed by atoms with Crippen molar-refractivity contribution in [3.63, 3.8) is 0 Å². The average Bonchev–Trinajstić information content (AvgIpc) is 3.63. The SMILES string of the molecule is CC(C)[C@H]1CCN(C(=O)[C@@H](NC(=O)N[C@H](CC2NC#CCS2)C(C)C)C(C)(C)C)[C@@H]1C(=O)NC(CC1CC1)C(=O)C(N)=O. The van der Waals surface area contributed by atoms with Gasteiger partial charge in [0.25, 0.3) is 5.91 Å². The third-order valence-electron chi connectivity index (χ3n) is 8.65. The van der Waals surface area contributed by atoms with Gasteiger partial charge in [0.1, 0.15) is 12.1 Å². The zero-order chi connectivity index (χ0) is 32.1. The van der Waals surface area contributed by atoms with Crippen LogP contribution in [0.4, 0.5) is 4.79 Å². The largest absolute Gasteiger partial charge is 0.363 e. The molecule has 3 rings (SSSR count). The summed E-state index contributed by atoms with van der Waals surface area (Å²) in [5.41, 5.74) is 4.63. The van der Waals surface area contributed by atoms with Crippen molar-refractivity contribution in [2.75, 3.05) is 12.3 Å². The van der Waals surface area contributed by atoms with Gasteiger partial charge in [-0.2, -0.15) is 0 Å². The number of nitrogens with one attached hydrogen (secondary N) is 4. The molecule has 1 aliphatic carbocycles. The number of amides is 5. The number of carbonyl (C=O) groups excluding carboxylic acids is 5. The molecule has 0 aromatic heterocycles. The normalized spacial score (nSPS) is 23.8. The number of nitrogens with two attached hydrogens (primary N) is 1. The van der Waals surface area contributed by atoms with Crippen LogP contribution < -0.4 is 27.0 Å². The molecule has 2 heterocycles. The average molecular weight is 619 g/mol. The molecule has 2 aliphatic heterocycles. The van der Waals surface area contributed by atoms with Crippen molar-refractivity contribution in [2.45, 2.75) is 110 Å². The smallest absolute Gasteiger partial charge is 0.315 e. The number of primary amides is 1. The number of rotatable bonds is 13. The lowest BCUT2D eigenvalue weighted by molar-refractivity contribution is -0.144. The Bertz CT molecular complexity index is 1120. The fraction of sp³-hybridized carbons (Fsp3) is 0.774. The Morgan fingerprint density at radius 1 is 1.00 bits per heavy atom. The molecular weight excluding hydrogens is 568 g/mol. The first-order valence-corrected chi connectivity index (χ1v) is 16.5. The molecule has 6 atom stereocenters. The monoisotopic (exact) mass is 618 g/mol. The number of thioether (sulfide) groups is 1. The van der Waals surface area contributed by atoms with Crippen molar-refractivity contribution in [3.05, 3.63) is 0 Å². The Morgan fingerprint density at radius 3 is 2.19 bits per heavy atom. The second-order valence-corrected chi connectivity index (χ2v) is 15.1. The van der Waals surface area contributed by atoms with Crippen molar-refractivity contribution in [2.24, 2.45) is 34.8 Å². The second-order valence-electron chi connectivity index (χ2n) is 13.9. The zero-order valence-corrected chi connectivity index (χ0v) is 27.4. The van der Waals surface area contributed by atoms with E-state index in [0.717, 1.165) is 18.6 Å². The standard InChI is InChI=1S/C31H50N6O5S/c1-17(2)20-11-13-37(24(20)28(40)34-22(15-19-9-10-19)25(38)27(32)39)29(41)26(31(5,6)7)36-30(42)35-21(18(3)4)16-23-33-12-8-14-43-23/h17-24,26,33H,9-11,13-16H2,1-7H3,(H2,32,39)(H,34,40)(H2,35,36,42)/t20-,21-,22?,23?,24+,26-/m1/s1. The number of ketones is 1. The van der Waals surface area contributed by atoms with Gasteiger partial charge in [0.05, 0.1) is 17.2 Å². The molecule has 0 aromatic rings. The molecule has 0 spiro atoms. The van der Waals surface area contributed by atoms with Crippen molar-refractivity contribution < 1.29 is 24.0 Å². The highest BCUT2D eigenvalue weighted by Crippen LogP contribution is 2.35. The van der Waals surface area contributed by atoms with Crippen LogP contribution in [0.5, 0.6) is 0 Å². The highest BCUT2D eigenvalue weighted by molar-refractivity contribution is 8.00. The maximum atomic E-state index is 14.2. The Labute approximate surface area is 260 Å². The van der Waals surface area contributed by atoms with Crippen LogP contribution in [0, 0.1) is 41.1 Å². The number of Topliss-reactive ketones (excluding diaryl/α,β-unsaturated/α-hetero) is 1. The summed E-state index contributed by atoms with van der Waals surface area (Å²) in [6.45, 7) is 14.0. The van der Waals surface area contributed by atoms with E-state index in [0.29, 0.717) is 25.8 Å². The minimum atomic E-state index is -1.08. The first-order chi connectivity index (χ1) is 20.1. The van der Waals surface area contributed by atoms with Crippen LogP contribution in [-0.4, -0.2) is 76.3 Å². The van der Waals surface area contributed by atoms with E-state index >= 15 is 0 Å². The zero-order valence-electron chi connectivity index (χ0n) is 26.6. The predicted molar refractivity (Wildman–Crippen MR) is 167 cm³/mol. The van der Waals surface area contributed by atoms with Crippen LogP contribution in [0.15, 0.2) is 0 Å². The van der Waals surface area contributed by atoms with E-state index in [9.17, 15) is 24.0 Å². The second kappa shape index (κ2) is 14.7. The summed E-state index contributed by atoms with van der Waals surface area (Å²) in [6.07, 6.45) is 3.50. The number of nitrogens with zero attached hydrogens (tertiary/aromatic N) is 1. The molecule has 3 aliphatic rings. The lowest BCUT2D eigenvalue weighted by atomic mass is 9.84. The van der Waals surface area contributed by atoms with Gasteiger partial charge in [-0.3, -0.25) is 19.2 Å². The van der Waals surface area contributed by atoms with E-state index in [4.69, 9.17) is 5.73 Å². The van der Waals surface area contributed by atoms with Gasteiger partial charge in [0.15, 0.2) is 0 Å². The molecule has 0 radical (unpaired) electrons. The van der Waals surface area contributed by atoms with Crippen molar-refractivity contribution in [1.82, 2.24) is 26.2 Å². The molecule has 11 nitrogen and oxygen atoms in total. The fourth-order valence-corrected chi connectivity index (χ4v) is 6.65. The van der Waals surface area contributed by atoms with Gasteiger partial charge < -0.3 is 31.9 Å². The van der Waals surface area contributed by atoms with Gasteiger partial charge in [0, 0.05) is 18.6 Å². The minimum Gasteiger partial charge on any atom is -0.363 e. The van der Waals surface area contributed by atoms with E-state index in [1.54, 1.807) is 16.7 Å². The maximum absolute atomic E-state index is 14.2. The lowest BCUT2D eigenvalue weighted by Crippen LogP contribution is -2.61. The van der Waals surface area contributed by atoms with Crippen molar-refractivity contribution in [3.8, 4) is 12.0 Å². The van der Waals surface area contributed by atoms with Crippen LogP contribution in [-0.2, 0) is 19.2 Å². The number of hydrogen-bond acceptors (Lipinski definition) is 7. The van der Waals surface area contributed by atoms with Gasteiger partial charge in [-0.05, 0) is 48.3 Å². The maximum Gasteiger partial charge on any atom is 0.315 e. The summed E-state index contributed by atoms with van der Waals surface area (Å²) >= 11 is 1.69. The molecule has 5 amide bonds. The van der Waals surface area contributed by atoms with Crippen LogP contribution >= 0.6 is 11.8 Å². The Balaban J connectivity index is 1.78. The Hall–Kier alpha value is -2.94. The summed E-state index contributed by atoms with van der Waals surface area (Å²) in [5.74, 6) is 1.32. The van der Waals surface area contributed by atoms with Crippen LogP contribution in [0.2, 0.25) is 0 Å². The molecule has 43 heavy (non-hydrogen) atoms. The summed E-state index contributed by atoms with van der Waals surface area (Å²) in [6, 6.07) is -0.451. The molecule has 0 aromatic carbocycles. The molecular formula is C31H50N6O5S. The number of likely N-dealkylation sites (tertiary alicyclic amines) is 1. The van der Waals surface area contributed by atoms with E-state index in [-0.39, 0.29) is 41.0 Å². The fourth-order valence-electron chi connectivity index (χ4n) is 5.81. The van der Waals surface area contributed by atoms with Gasteiger partial charge in [0.2, 0.25) is 17.6 Å². The molecule has 1 saturated heterocycles. The summed E-state index contributed by atoms with van der Waals surface area (Å²) in [4.78, 5) is 67.2. The van der Waals surface area contributed by atoms with E-state index < -0.39 is 47.2 Å². The summed E-state index contributed by atoms with van der Waals surface area (Å²) < 4.78 is 0. The van der Waals surface area contributed by atoms with Gasteiger partial charge in [-0.15, -0.1) is 11.8 Å². The number of carbonyl (C=O) groups is 5. The molecule has 6 N–H and O–H groups in total. The number of urea groups is 1. The summed E-state index contributed by atoms with van der Waals surface area (Å²) in [5, 5.41) is 12.0. The van der Waals surface area contributed by atoms with Crippen LogP contribution in [0.25, 0.3) is 0 Å². The molecule has 240 valence electrons. The minimum absolute atomic E-state index is 0.0781. The number of hydrogen-bond donors (Lipinski definition) is 5. The lowest BCUT2D eigenvalue weighted by Gasteiger charge is -2.37. The first-order valence-electron chi connectivity index (χ1n) is 15.5. The third kappa shape index (κ3) is 9.52. The Morgan fingerprint density at radius 2 is 1.67 bits per heavy atom. The van der Waals surface area contributed by atoms with E-state index in [1.165, 1.54) is 0 Å². The van der Waals surface area contributed by atoms with Crippen molar-refractivity contribution >= 4 is 41.3 Å². The quantitative estimate of drug-likeness (QED) is 0.156. The topological polar surface area (TPSA) is 163 Å². The van der Waals surface area contributed by atoms with E-state index in [2.05, 4.69) is 33.2 Å². The third-order valence-corrected chi connectivity index (χ3v) is 9.67. The molecule has 12 heteroatoms. The van der Waals surface area contributed by atoms with E-state index in [1.807, 2.05) is 48.5 Å². The van der Waals surface area contributed by atoms with Crippen molar-refractivity contribution in [1.29, 1.82) is 0 Å². The van der Waals surface area contributed by atoms with Gasteiger partial charge >= 0.3 is 6.03 Å². The molecule has 0 bridgehead atoms. The van der Waals surface area contributed by atoms with Crippen LogP contribution in [0.1, 0.15) is 80.6 Å². The summed E-state index contributed by atoms with van der Waals surface area (Å²) in [7, 11) is 0. The van der Waals surface area contributed by atoms with Crippen LogP contribution in [0.3, 0.4) is 0 Å². The van der Waals surface area contributed by atoms with Gasteiger partial charge in [-0.25, -0.2) is 4.79 Å². The van der Waals surface area contributed by atoms with Gasteiger partial charge in [-0.1, -0.05) is 67.2 Å². The first kappa shape index (κ1) is 34.5.